The van der Waals surface area contributed by atoms with Crippen LogP contribution in [0.1, 0.15) is 28.9 Å². The molecule has 0 spiro atoms. The molecule has 0 aliphatic carbocycles. The predicted molar refractivity (Wildman–Crippen MR) is 106 cm³/mol. The van der Waals surface area contributed by atoms with Gasteiger partial charge in [0.15, 0.2) is 0 Å². The fourth-order valence-electron chi connectivity index (χ4n) is 3.94. The summed E-state index contributed by atoms with van der Waals surface area (Å²) in [5, 5.41) is 4.10. The highest BCUT2D eigenvalue weighted by Crippen LogP contribution is 2.21. The number of hydrogen-bond acceptors (Lipinski definition) is 4. The third-order valence-electron chi connectivity index (χ3n) is 5.41. The maximum Gasteiger partial charge on any atom is 0.271 e. The first kappa shape index (κ1) is 19.4. The summed E-state index contributed by atoms with van der Waals surface area (Å²) in [7, 11) is 5.43. The Balaban J connectivity index is 1.52. The van der Waals surface area contributed by atoms with Crippen molar-refractivity contribution in [3.05, 3.63) is 47.8 Å². The van der Waals surface area contributed by atoms with Gasteiger partial charge in [0.25, 0.3) is 5.91 Å². The van der Waals surface area contributed by atoms with Gasteiger partial charge in [-0.25, -0.2) is 0 Å². The monoisotopic (exact) mass is 370 g/mol. The highest BCUT2D eigenvalue weighted by molar-refractivity contribution is 5.92. The van der Waals surface area contributed by atoms with Gasteiger partial charge in [-0.1, -0.05) is 18.2 Å². The maximum atomic E-state index is 12.6. The first-order valence-corrected chi connectivity index (χ1v) is 9.66. The topological polar surface area (TPSA) is 50.6 Å². The number of ether oxygens (including phenoxy) is 1. The number of rotatable bonds is 7. The number of nitrogens with zero attached hydrogens (tertiary/aromatic N) is 4. The molecule has 1 saturated heterocycles. The summed E-state index contributed by atoms with van der Waals surface area (Å²) in [5.74, 6) is 1.52. The maximum absolute atomic E-state index is 12.6. The van der Waals surface area contributed by atoms with Crippen LogP contribution >= 0.6 is 0 Å². The Bertz CT molecular complexity index is 758. The van der Waals surface area contributed by atoms with Crippen molar-refractivity contribution in [2.45, 2.75) is 19.3 Å². The van der Waals surface area contributed by atoms with Crippen LogP contribution in [-0.2, 0) is 13.5 Å². The highest BCUT2D eigenvalue weighted by atomic mass is 16.5. The van der Waals surface area contributed by atoms with Gasteiger partial charge in [-0.05, 0) is 49.4 Å². The van der Waals surface area contributed by atoms with Crippen LogP contribution in [0.3, 0.4) is 0 Å². The second-order valence-electron chi connectivity index (χ2n) is 7.40. The van der Waals surface area contributed by atoms with E-state index in [9.17, 15) is 4.79 Å². The number of aryl methyl sites for hydroxylation is 1. The van der Waals surface area contributed by atoms with Crippen LogP contribution in [-0.4, -0.2) is 65.8 Å². The molecular weight excluding hydrogens is 340 g/mol. The van der Waals surface area contributed by atoms with Crippen LogP contribution < -0.4 is 4.74 Å². The van der Waals surface area contributed by atoms with Gasteiger partial charge >= 0.3 is 0 Å². The molecule has 1 unspecified atom stereocenters. The quantitative estimate of drug-likeness (QED) is 0.751. The smallest absolute Gasteiger partial charge is 0.271 e. The zero-order chi connectivity index (χ0) is 19.2. The van der Waals surface area contributed by atoms with Gasteiger partial charge in [-0.3, -0.25) is 9.48 Å². The fraction of sp³-hybridized carbons (Fsp3) is 0.524. The molecule has 1 aliphatic heterocycles. The molecule has 1 aromatic heterocycles. The Morgan fingerprint density at radius 2 is 2.15 bits per heavy atom. The van der Waals surface area contributed by atoms with Crippen molar-refractivity contribution in [2.24, 2.45) is 13.0 Å². The highest BCUT2D eigenvalue weighted by Gasteiger charge is 2.24. The fourth-order valence-corrected chi connectivity index (χ4v) is 3.94. The molecular formula is C21H30N4O2. The largest absolute Gasteiger partial charge is 0.496 e. The minimum Gasteiger partial charge on any atom is -0.496 e. The number of likely N-dealkylation sites (tertiary alicyclic amines) is 1. The minimum atomic E-state index is 0.0427. The van der Waals surface area contributed by atoms with Gasteiger partial charge in [0, 0.05) is 39.9 Å². The first-order chi connectivity index (χ1) is 13.1. The Morgan fingerprint density at radius 1 is 1.33 bits per heavy atom. The van der Waals surface area contributed by atoms with E-state index in [0.29, 0.717) is 11.6 Å². The first-order valence-electron chi connectivity index (χ1n) is 9.66. The Kier molecular flexibility index (Phi) is 6.50. The molecule has 2 aromatic rings. The van der Waals surface area contributed by atoms with E-state index in [-0.39, 0.29) is 5.91 Å². The lowest BCUT2D eigenvalue weighted by molar-refractivity contribution is 0.0719. The van der Waals surface area contributed by atoms with E-state index in [1.807, 2.05) is 24.1 Å². The number of carbonyl (C=O) groups excluding carboxylic acids is 1. The molecule has 6 heteroatoms. The molecule has 3 rings (SSSR count). The summed E-state index contributed by atoms with van der Waals surface area (Å²) in [5.41, 5.74) is 1.90. The Morgan fingerprint density at radius 3 is 2.89 bits per heavy atom. The van der Waals surface area contributed by atoms with E-state index >= 15 is 0 Å². The molecule has 6 nitrogen and oxygen atoms in total. The average molecular weight is 370 g/mol. The summed E-state index contributed by atoms with van der Waals surface area (Å²) in [6.45, 7) is 3.98. The molecule has 1 aromatic carbocycles. The predicted octanol–water partition coefficient (Wildman–Crippen LogP) is 2.46. The van der Waals surface area contributed by atoms with Crippen molar-refractivity contribution in [3.8, 4) is 5.75 Å². The zero-order valence-corrected chi connectivity index (χ0v) is 16.6. The van der Waals surface area contributed by atoms with Crippen LogP contribution in [0.2, 0.25) is 0 Å². The molecule has 146 valence electrons. The minimum absolute atomic E-state index is 0.0427. The summed E-state index contributed by atoms with van der Waals surface area (Å²) < 4.78 is 7.10. The van der Waals surface area contributed by atoms with E-state index in [0.717, 1.165) is 38.3 Å². The molecule has 0 bridgehead atoms. The number of piperidine rings is 1. The van der Waals surface area contributed by atoms with Gasteiger partial charge in [0.2, 0.25) is 0 Å². The van der Waals surface area contributed by atoms with Crippen LogP contribution in [0, 0.1) is 5.92 Å². The molecule has 1 amide bonds. The summed E-state index contributed by atoms with van der Waals surface area (Å²) in [6.07, 6.45) is 5.01. The van der Waals surface area contributed by atoms with Gasteiger partial charge in [0.05, 0.1) is 7.11 Å². The molecule has 1 atom stereocenters. The van der Waals surface area contributed by atoms with Crippen molar-refractivity contribution in [3.63, 3.8) is 0 Å². The van der Waals surface area contributed by atoms with Gasteiger partial charge in [-0.2, -0.15) is 5.10 Å². The second-order valence-corrected chi connectivity index (χ2v) is 7.40. The standard InChI is InChI=1S/C21H30N4O2/c1-23(21(26)19-10-12-22-24(19)2)15-17-7-6-13-25(16-17)14-11-18-8-4-5-9-20(18)27-3/h4-5,8-10,12,17H,6-7,11,13-16H2,1-3H3. The number of methoxy groups -OCH3 is 1. The van der Waals surface area contributed by atoms with Crippen LogP contribution in [0.25, 0.3) is 0 Å². The SMILES string of the molecule is COc1ccccc1CCN1CCCC(CN(C)C(=O)c2ccnn2C)C1. The van der Waals surface area contributed by atoms with E-state index in [4.69, 9.17) is 4.74 Å². The van der Waals surface area contributed by atoms with Crippen molar-refractivity contribution in [1.29, 1.82) is 0 Å². The number of aromatic nitrogens is 2. The third kappa shape index (κ3) is 4.89. The lowest BCUT2D eigenvalue weighted by Gasteiger charge is -2.34. The number of benzene rings is 1. The van der Waals surface area contributed by atoms with Gasteiger partial charge < -0.3 is 14.5 Å². The molecule has 1 fully saturated rings. The lowest BCUT2D eigenvalue weighted by atomic mass is 9.97. The molecule has 1 aliphatic rings. The molecule has 0 N–H and O–H groups in total. The molecule has 0 radical (unpaired) electrons. The number of amides is 1. The number of carbonyl (C=O) groups is 1. The van der Waals surface area contributed by atoms with Crippen LogP contribution in [0.5, 0.6) is 5.75 Å². The van der Waals surface area contributed by atoms with E-state index in [2.05, 4.69) is 22.1 Å². The number of hydrogen-bond donors (Lipinski definition) is 0. The van der Waals surface area contributed by atoms with Crippen LogP contribution in [0.4, 0.5) is 0 Å². The van der Waals surface area contributed by atoms with E-state index < -0.39 is 0 Å². The second kappa shape index (κ2) is 9.04. The van der Waals surface area contributed by atoms with Crippen molar-refractivity contribution < 1.29 is 9.53 Å². The van der Waals surface area contributed by atoms with Crippen molar-refractivity contribution in [2.75, 3.05) is 40.3 Å². The molecule has 0 saturated carbocycles. The third-order valence-corrected chi connectivity index (χ3v) is 5.41. The van der Waals surface area contributed by atoms with Crippen molar-refractivity contribution in [1.82, 2.24) is 19.6 Å². The van der Waals surface area contributed by atoms with E-state index in [1.165, 1.54) is 18.4 Å². The van der Waals surface area contributed by atoms with Gasteiger partial charge in [-0.15, -0.1) is 0 Å². The average Bonchev–Trinajstić information content (AvgIpc) is 3.12. The Hall–Kier alpha value is -2.34. The Labute approximate surface area is 161 Å². The summed E-state index contributed by atoms with van der Waals surface area (Å²) in [6, 6.07) is 10.0. The summed E-state index contributed by atoms with van der Waals surface area (Å²) >= 11 is 0. The molecule has 2 heterocycles. The number of para-hydroxylation sites is 1. The van der Waals surface area contributed by atoms with Crippen LogP contribution in [0.15, 0.2) is 36.5 Å². The van der Waals surface area contributed by atoms with E-state index in [1.54, 1.807) is 31.1 Å². The zero-order valence-electron chi connectivity index (χ0n) is 16.6. The summed E-state index contributed by atoms with van der Waals surface area (Å²) in [4.78, 5) is 17.0. The normalized spacial score (nSPS) is 17.7. The van der Waals surface area contributed by atoms with Crippen molar-refractivity contribution >= 4 is 5.91 Å². The van der Waals surface area contributed by atoms with Gasteiger partial charge in [0.1, 0.15) is 11.4 Å². The molecule has 27 heavy (non-hydrogen) atoms. The lowest BCUT2D eigenvalue weighted by Crippen LogP contribution is -2.42.